The van der Waals surface area contributed by atoms with E-state index in [0.717, 1.165) is 0 Å². The summed E-state index contributed by atoms with van der Waals surface area (Å²) >= 11 is 0. The second-order valence-electron chi connectivity index (χ2n) is 6.40. The van der Waals surface area contributed by atoms with Gasteiger partial charge in [0.25, 0.3) is 0 Å². The first-order valence-corrected chi connectivity index (χ1v) is 9.05. The van der Waals surface area contributed by atoms with Crippen LogP contribution in [0.15, 0.2) is 72.8 Å². The first-order chi connectivity index (χ1) is 14.0. The van der Waals surface area contributed by atoms with Crippen LogP contribution in [0.4, 0.5) is 0 Å². The maximum Gasteiger partial charge on any atom is 0.339 e. The SMILES string of the molecule is COc1ccc(C(C)=O)cc1COC(=O)c1ccccc1C(=O)c1ccccc1. The minimum atomic E-state index is -0.625. The van der Waals surface area contributed by atoms with Gasteiger partial charge in [-0.3, -0.25) is 9.59 Å². The van der Waals surface area contributed by atoms with Crippen molar-refractivity contribution in [2.45, 2.75) is 13.5 Å². The molecule has 0 aromatic heterocycles. The highest BCUT2D eigenvalue weighted by atomic mass is 16.5. The monoisotopic (exact) mass is 388 g/mol. The number of ether oxygens (including phenoxy) is 2. The summed E-state index contributed by atoms with van der Waals surface area (Å²) in [4.78, 5) is 37.1. The fourth-order valence-corrected chi connectivity index (χ4v) is 2.94. The summed E-state index contributed by atoms with van der Waals surface area (Å²) in [6.45, 7) is 1.38. The molecule has 0 unspecified atom stereocenters. The Labute approximate surface area is 168 Å². The molecule has 0 heterocycles. The molecule has 0 aliphatic carbocycles. The number of Topliss-reactive ketones (excluding diaryl/α,β-unsaturated/α-hetero) is 1. The lowest BCUT2D eigenvalue weighted by molar-refractivity contribution is 0.0467. The number of rotatable bonds is 7. The Morgan fingerprint density at radius 2 is 1.45 bits per heavy atom. The van der Waals surface area contributed by atoms with Crippen LogP contribution in [0.5, 0.6) is 5.75 Å². The predicted octanol–water partition coefficient (Wildman–Crippen LogP) is 4.49. The molecule has 3 rings (SSSR count). The van der Waals surface area contributed by atoms with Gasteiger partial charge < -0.3 is 9.47 Å². The summed E-state index contributed by atoms with van der Waals surface area (Å²) < 4.78 is 10.7. The Balaban J connectivity index is 1.83. The molecule has 0 aliphatic heterocycles. The topological polar surface area (TPSA) is 69.7 Å². The molecule has 0 N–H and O–H groups in total. The van der Waals surface area contributed by atoms with E-state index in [1.54, 1.807) is 66.7 Å². The van der Waals surface area contributed by atoms with Crippen molar-refractivity contribution in [3.05, 3.63) is 101 Å². The first-order valence-electron chi connectivity index (χ1n) is 9.05. The zero-order valence-corrected chi connectivity index (χ0v) is 16.2. The Hall–Kier alpha value is -3.73. The van der Waals surface area contributed by atoms with Crippen molar-refractivity contribution in [3.8, 4) is 5.75 Å². The molecule has 0 saturated carbocycles. The van der Waals surface area contributed by atoms with Crippen molar-refractivity contribution >= 4 is 17.5 Å². The van der Waals surface area contributed by atoms with Gasteiger partial charge in [0, 0.05) is 22.3 Å². The van der Waals surface area contributed by atoms with E-state index >= 15 is 0 Å². The molecule has 0 atom stereocenters. The van der Waals surface area contributed by atoms with E-state index < -0.39 is 5.97 Å². The number of benzene rings is 3. The van der Waals surface area contributed by atoms with E-state index in [1.165, 1.54) is 14.0 Å². The van der Waals surface area contributed by atoms with Gasteiger partial charge in [0.15, 0.2) is 11.6 Å². The summed E-state index contributed by atoms with van der Waals surface area (Å²) in [5.41, 5.74) is 2.01. The molecule has 3 aromatic rings. The molecule has 0 radical (unpaired) electrons. The van der Waals surface area contributed by atoms with Crippen molar-refractivity contribution in [1.29, 1.82) is 0 Å². The predicted molar refractivity (Wildman–Crippen MR) is 108 cm³/mol. The molecule has 5 nitrogen and oxygen atoms in total. The van der Waals surface area contributed by atoms with E-state index in [2.05, 4.69) is 0 Å². The van der Waals surface area contributed by atoms with Gasteiger partial charge in [-0.05, 0) is 31.2 Å². The first kappa shape index (κ1) is 20.0. The molecule has 0 bridgehead atoms. The summed E-state index contributed by atoms with van der Waals surface area (Å²) in [5, 5.41) is 0. The fraction of sp³-hybridized carbons (Fsp3) is 0.125. The molecule has 0 spiro atoms. The van der Waals surface area contributed by atoms with Crippen LogP contribution in [0.25, 0.3) is 0 Å². The standard InChI is InChI=1S/C24H20O5/c1-16(25)18-12-13-22(28-2)19(14-18)15-29-24(27)21-11-7-6-10-20(21)23(26)17-8-4-3-5-9-17/h3-14H,15H2,1-2H3. The van der Waals surface area contributed by atoms with Crippen LogP contribution in [0.2, 0.25) is 0 Å². The molecule has 146 valence electrons. The third-order valence-electron chi connectivity index (χ3n) is 4.47. The van der Waals surface area contributed by atoms with E-state index in [1.807, 2.05) is 6.07 Å². The van der Waals surface area contributed by atoms with Crippen LogP contribution in [0, 0.1) is 0 Å². The fourth-order valence-electron chi connectivity index (χ4n) is 2.94. The van der Waals surface area contributed by atoms with Crippen molar-refractivity contribution in [1.82, 2.24) is 0 Å². The Morgan fingerprint density at radius 1 is 0.793 bits per heavy atom. The maximum absolute atomic E-state index is 12.8. The highest BCUT2D eigenvalue weighted by molar-refractivity contribution is 6.14. The number of hydrogen-bond acceptors (Lipinski definition) is 5. The molecular formula is C24H20O5. The van der Waals surface area contributed by atoms with Crippen molar-refractivity contribution in [2.24, 2.45) is 0 Å². The van der Waals surface area contributed by atoms with Crippen LogP contribution in [0.1, 0.15) is 49.1 Å². The third-order valence-corrected chi connectivity index (χ3v) is 4.47. The normalized spacial score (nSPS) is 10.3. The van der Waals surface area contributed by atoms with Crippen molar-refractivity contribution in [2.75, 3.05) is 7.11 Å². The number of esters is 1. The zero-order chi connectivity index (χ0) is 20.8. The van der Waals surface area contributed by atoms with E-state index in [9.17, 15) is 14.4 Å². The average Bonchev–Trinajstić information content (AvgIpc) is 2.77. The van der Waals surface area contributed by atoms with Crippen LogP contribution >= 0.6 is 0 Å². The maximum atomic E-state index is 12.8. The van der Waals surface area contributed by atoms with Gasteiger partial charge in [0.1, 0.15) is 12.4 Å². The van der Waals surface area contributed by atoms with Gasteiger partial charge in [0.05, 0.1) is 12.7 Å². The minimum Gasteiger partial charge on any atom is -0.496 e. The molecule has 3 aromatic carbocycles. The lowest BCUT2D eigenvalue weighted by atomic mass is 9.98. The van der Waals surface area contributed by atoms with Crippen molar-refractivity contribution in [3.63, 3.8) is 0 Å². The van der Waals surface area contributed by atoms with E-state index in [0.29, 0.717) is 22.4 Å². The molecule has 5 heteroatoms. The lowest BCUT2D eigenvalue weighted by Gasteiger charge is -2.12. The van der Waals surface area contributed by atoms with Gasteiger partial charge in [-0.2, -0.15) is 0 Å². The molecule has 0 saturated heterocycles. The summed E-state index contributed by atoms with van der Waals surface area (Å²) in [7, 11) is 1.50. The minimum absolute atomic E-state index is 0.0863. The van der Waals surface area contributed by atoms with Crippen LogP contribution in [-0.4, -0.2) is 24.6 Å². The summed E-state index contributed by atoms with van der Waals surface area (Å²) in [6.07, 6.45) is 0. The van der Waals surface area contributed by atoms with Gasteiger partial charge in [-0.25, -0.2) is 4.79 Å². The quantitative estimate of drug-likeness (QED) is 0.441. The number of ketones is 2. The van der Waals surface area contributed by atoms with E-state index in [4.69, 9.17) is 9.47 Å². The highest BCUT2D eigenvalue weighted by Crippen LogP contribution is 2.22. The smallest absolute Gasteiger partial charge is 0.339 e. The number of carbonyl (C=O) groups excluding carboxylic acids is 3. The van der Waals surface area contributed by atoms with E-state index in [-0.39, 0.29) is 29.3 Å². The largest absolute Gasteiger partial charge is 0.496 e. The molecule has 0 fully saturated rings. The molecule has 0 amide bonds. The second-order valence-corrected chi connectivity index (χ2v) is 6.40. The number of hydrogen-bond donors (Lipinski definition) is 0. The van der Waals surface area contributed by atoms with Crippen molar-refractivity contribution < 1.29 is 23.9 Å². The molecule has 0 aliphatic rings. The Kier molecular flexibility index (Phi) is 6.19. The van der Waals surface area contributed by atoms with Crippen LogP contribution in [0.3, 0.4) is 0 Å². The van der Waals surface area contributed by atoms with Gasteiger partial charge >= 0.3 is 5.97 Å². The summed E-state index contributed by atoms with van der Waals surface area (Å²) in [6, 6.07) is 20.2. The van der Waals surface area contributed by atoms with Gasteiger partial charge in [-0.15, -0.1) is 0 Å². The molecule has 29 heavy (non-hydrogen) atoms. The van der Waals surface area contributed by atoms with Crippen LogP contribution in [-0.2, 0) is 11.3 Å². The summed E-state index contributed by atoms with van der Waals surface area (Å²) in [5.74, 6) is -0.468. The van der Waals surface area contributed by atoms with Gasteiger partial charge in [-0.1, -0.05) is 48.5 Å². The van der Waals surface area contributed by atoms with Crippen LogP contribution < -0.4 is 4.74 Å². The average molecular weight is 388 g/mol. The Morgan fingerprint density at radius 3 is 2.10 bits per heavy atom. The number of methoxy groups -OCH3 is 1. The zero-order valence-electron chi connectivity index (χ0n) is 16.2. The van der Waals surface area contributed by atoms with Gasteiger partial charge in [0.2, 0.25) is 0 Å². The highest BCUT2D eigenvalue weighted by Gasteiger charge is 2.19. The molecular weight excluding hydrogens is 368 g/mol. The third kappa shape index (κ3) is 4.58. The lowest BCUT2D eigenvalue weighted by Crippen LogP contribution is -2.13. The second kappa shape index (κ2) is 8.97. The number of carbonyl (C=O) groups is 3. The Bertz CT molecular complexity index is 1050.